The van der Waals surface area contributed by atoms with Crippen molar-refractivity contribution in [2.45, 2.75) is 12.6 Å². The Labute approximate surface area is 166 Å². The third kappa shape index (κ3) is 4.52. The van der Waals surface area contributed by atoms with Crippen molar-refractivity contribution in [1.29, 1.82) is 0 Å². The zero-order valence-electron chi connectivity index (χ0n) is 14.4. The minimum absolute atomic E-state index is 0.181. The molecular weight excluding hydrogens is 393 g/mol. The smallest absolute Gasteiger partial charge is 0.315 e. The summed E-state index contributed by atoms with van der Waals surface area (Å²) in [4.78, 5) is 23.3. The van der Waals surface area contributed by atoms with Crippen molar-refractivity contribution < 1.29 is 14.6 Å². The Kier molecular flexibility index (Phi) is 6.20. The number of anilines is 1. The number of hydrogen-bond acceptors (Lipinski definition) is 6. The first-order chi connectivity index (χ1) is 13.0. The van der Waals surface area contributed by atoms with Crippen molar-refractivity contribution in [3.63, 3.8) is 0 Å². The van der Waals surface area contributed by atoms with Gasteiger partial charge < -0.3 is 25.4 Å². The van der Waals surface area contributed by atoms with E-state index in [-0.39, 0.29) is 13.2 Å². The number of carbonyl (C=O) groups is 1. The Morgan fingerprint density at radius 3 is 2.52 bits per heavy atom. The lowest BCUT2D eigenvalue weighted by molar-refractivity contribution is 0.129. The molecule has 1 fully saturated rings. The van der Waals surface area contributed by atoms with Gasteiger partial charge in [0.05, 0.1) is 25.0 Å². The minimum Gasteiger partial charge on any atom is -0.486 e. The van der Waals surface area contributed by atoms with Gasteiger partial charge in [0, 0.05) is 35.2 Å². The van der Waals surface area contributed by atoms with Gasteiger partial charge in [-0.25, -0.2) is 14.8 Å². The van der Waals surface area contributed by atoms with Gasteiger partial charge in [0.1, 0.15) is 6.61 Å². The van der Waals surface area contributed by atoms with Gasteiger partial charge in [0.2, 0.25) is 5.95 Å². The van der Waals surface area contributed by atoms with Crippen LogP contribution < -0.4 is 15.4 Å². The summed E-state index contributed by atoms with van der Waals surface area (Å²) >= 11 is 12.2. The summed E-state index contributed by atoms with van der Waals surface area (Å²) in [6.07, 6.45) is 3.11. The molecule has 0 spiro atoms. The first-order valence-electron chi connectivity index (χ1n) is 8.29. The first kappa shape index (κ1) is 19.5. The molecular formula is C17H19Cl2N5O3. The summed E-state index contributed by atoms with van der Waals surface area (Å²) < 4.78 is 5.67. The van der Waals surface area contributed by atoms with Crippen LogP contribution in [0.3, 0.4) is 0 Å². The van der Waals surface area contributed by atoms with Crippen molar-refractivity contribution in [3.8, 4) is 5.75 Å². The second kappa shape index (κ2) is 8.60. The molecule has 2 aromatic rings. The highest BCUT2D eigenvalue weighted by molar-refractivity contribution is 6.35. The van der Waals surface area contributed by atoms with Crippen molar-refractivity contribution in [3.05, 3.63) is 46.2 Å². The van der Waals surface area contributed by atoms with E-state index >= 15 is 0 Å². The summed E-state index contributed by atoms with van der Waals surface area (Å²) in [6, 6.07) is 4.32. The summed E-state index contributed by atoms with van der Waals surface area (Å²) in [7, 11) is 0. The van der Waals surface area contributed by atoms with E-state index in [9.17, 15) is 9.90 Å². The zero-order valence-corrected chi connectivity index (χ0v) is 15.9. The highest BCUT2D eigenvalue weighted by Gasteiger charge is 2.29. The molecule has 1 saturated heterocycles. The number of urea groups is 1. The highest BCUT2D eigenvalue weighted by Crippen LogP contribution is 2.26. The lowest BCUT2D eigenvalue weighted by Crippen LogP contribution is -2.58. The Morgan fingerprint density at radius 2 is 1.93 bits per heavy atom. The van der Waals surface area contributed by atoms with E-state index in [0.29, 0.717) is 46.9 Å². The van der Waals surface area contributed by atoms with Gasteiger partial charge in [0.25, 0.3) is 0 Å². The Hall–Kier alpha value is -2.29. The molecule has 1 aliphatic rings. The third-order valence-corrected chi connectivity index (χ3v) is 5.03. The lowest BCUT2D eigenvalue weighted by atomic mass is 10.2. The number of piperazine rings is 1. The number of ether oxygens (including phenoxy) is 1. The number of aliphatic hydroxyl groups excluding tert-OH is 1. The van der Waals surface area contributed by atoms with Crippen molar-refractivity contribution in [2.75, 3.05) is 31.1 Å². The monoisotopic (exact) mass is 411 g/mol. The zero-order chi connectivity index (χ0) is 19.4. The fraction of sp³-hybridized carbons (Fsp3) is 0.353. The molecule has 0 saturated carbocycles. The molecule has 0 radical (unpaired) electrons. The van der Waals surface area contributed by atoms with Crippen LogP contribution in [0.5, 0.6) is 5.75 Å². The topological polar surface area (TPSA) is 105 Å². The molecule has 10 heteroatoms. The maximum absolute atomic E-state index is 11.4. The SMILES string of the molecule is NC(=O)N1CCN(c2ncc(OCc3c(Cl)cccc3Cl)cn2)CC1CO. The average Bonchev–Trinajstić information content (AvgIpc) is 2.67. The predicted octanol–water partition coefficient (Wildman–Crippen LogP) is 1.92. The van der Waals surface area contributed by atoms with E-state index in [0.717, 1.165) is 0 Å². The Balaban J connectivity index is 1.63. The maximum atomic E-state index is 11.4. The number of nitrogens with two attached hydrogens (primary N) is 1. The third-order valence-electron chi connectivity index (χ3n) is 4.32. The van der Waals surface area contributed by atoms with Crippen molar-refractivity contribution >= 4 is 35.2 Å². The number of aliphatic hydroxyl groups is 1. The standard InChI is InChI=1S/C17H19Cl2N5O3/c18-14-2-1-3-15(19)13(14)10-27-12-6-21-17(22-7-12)23-4-5-24(16(20)26)11(8-23)9-25/h1-3,6-7,11,25H,4-5,8-10H2,(H2,20,26). The van der Waals surface area contributed by atoms with Crippen LogP contribution in [-0.4, -0.2) is 58.3 Å². The summed E-state index contributed by atoms with van der Waals surface area (Å²) in [6.45, 7) is 1.33. The predicted molar refractivity (Wildman–Crippen MR) is 102 cm³/mol. The first-order valence-corrected chi connectivity index (χ1v) is 9.04. The van der Waals surface area contributed by atoms with Crippen LogP contribution in [0.25, 0.3) is 0 Å². The minimum atomic E-state index is -0.545. The molecule has 1 aromatic heterocycles. The molecule has 1 aromatic carbocycles. The quantitative estimate of drug-likeness (QED) is 0.778. The van der Waals surface area contributed by atoms with E-state index < -0.39 is 12.1 Å². The van der Waals surface area contributed by atoms with Crippen molar-refractivity contribution in [1.82, 2.24) is 14.9 Å². The number of aromatic nitrogens is 2. The second-order valence-electron chi connectivity index (χ2n) is 6.02. The van der Waals surface area contributed by atoms with Gasteiger partial charge in [-0.3, -0.25) is 0 Å². The molecule has 1 atom stereocenters. The van der Waals surface area contributed by atoms with Gasteiger partial charge in [0.15, 0.2) is 5.75 Å². The van der Waals surface area contributed by atoms with E-state index in [1.165, 1.54) is 4.90 Å². The van der Waals surface area contributed by atoms with E-state index in [1.807, 2.05) is 4.90 Å². The van der Waals surface area contributed by atoms with Crippen LogP contribution in [0.1, 0.15) is 5.56 Å². The molecule has 1 unspecified atom stereocenters. The van der Waals surface area contributed by atoms with Crippen LogP contribution in [0.4, 0.5) is 10.7 Å². The van der Waals surface area contributed by atoms with E-state index in [2.05, 4.69) is 9.97 Å². The van der Waals surface area contributed by atoms with Gasteiger partial charge in [-0.1, -0.05) is 29.3 Å². The molecule has 0 aliphatic carbocycles. The molecule has 8 nitrogen and oxygen atoms in total. The van der Waals surface area contributed by atoms with E-state index in [4.69, 9.17) is 33.7 Å². The fourth-order valence-electron chi connectivity index (χ4n) is 2.86. The number of rotatable bonds is 5. The maximum Gasteiger partial charge on any atom is 0.315 e. The number of nitrogens with zero attached hydrogens (tertiary/aromatic N) is 4. The molecule has 2 heterocycles. The molecule has 3 rings (SSSR count). The highest BCUT2D eigenvalue weighted by atomic mass is 35.5. The Bertz CT molecular complexity index is 785. The van der Waals surface area contributed by atoms with Crippen LogP contribution >= 0.6 is 23.2 Å². The van der Waals surface area contributed by atoms with Crippen LogP contribution in [0, 0.1) is 0 Å². The number of hydrogen-bond donors (Lipinski definition) is 2. The van der Waals surface area contributed by atoms with Crippen LogP contribution in [-0.2, 0) is 6.61 Å². The number of benzene rings is 1. The van der Waals surface area contributed by atoms with Gasteiger partial charge in [-0.15, -0.1) is 0 Å². The molecule has 2 amide bonds. The lowest BCUT2D eigenvalue weighted by Gasteiger charge is -2.39. The summed E-state index contributed by atoms with van der Waals surface area (Å²) in [5.41, 5.74) is 6.02. The fourth-order valence-corrected chi connectivity index (χ4v) is 3.36. The molecule has 3 N–H and O–H groups in total. The normalized spacial score (nSPS) is 17.1. The van der Waals surface area contributed by atoms with Gasteiger partial charge >= 0.3 is 6.03 Å². The molecule has 27 heavy (non-hydrogen) atoms. The largest absolute Gasteiger partial charge is 0.486 e. The van der Waals surface area contributed by atoms with Gasteiger partial charge in [-0.2, -0.15) is 0 Å². The van der Waals surface area contributed by atoms with Gasteiger partial charge in [-0.05, 0) is 12.1 Å². The van der Waals surface area contributed by atoms with Crippen molar-refractivity contribution in [2.24, 2.45) is 5.73 Å². The molecule has 0 bridgehead atoms. The average molecular weight is 412 g/mol. The number of carbonyl (C=O) groups excluding carboxylic acids is 1. The number of primary amides is 1. The summed E-state index contributed by atoms with van der Waals surface area (Å²) in [5.74, 6) is 0.963. The number of halogens is 2. The van der Waals surface area contributed by atoms with E-state index in [1.54, 1.807) is 30.6 Å². The second-order valence-corrected chi connectivity index (χ2v) is 6.84. The number of amides is 2. The molecule has 1 aliphatic heterocycles. The molecule has 144 valence electrons. The summed E-state index contributed by atoms with van der Waals surface area (Å²) in [5, 5.41) is 10.5. The van der Waals surface area contributed by atoms with Crippen LogP contribution in [0.15, 0.2) is 30.6 Å². The Morgan fingerprint density at radius 1 is 1.26 bits per heavy atom. The van der Waals surface area contributed by atoms with Crippen LogP contribution in [0.2, 0.25) is 10.0 Å².